The highest BCUT2D eigenvalue weighted by Crippen LogP contribution is 2.39. The average Bonchev–Trinajstić information content (AvgIpc) is 2.51. The van der Waals surface area contributed by atoms with Crippen molar-refractivity contribution in [1.29, 1.82) is 0 Å². The topological polar surface area (TPSA) is 46.2 Å². The lowest BCUT2D eigenvalue weighted by atomic mass is 9.75. The second-order valence-electron chi connectivity index (χ2n) is 8.26. The third-order valence-corrected chi connectivity index (χ3v) is 6.22. The van der Waals surface area contributed by atoms with E-state index < -0.39 is 22.8 Å². The van der Waals surface area contributed by atoms with Gasteiger partial charge >= 0.3 is 0 Å². The Morgan fingerprint density at radius 2 is 1.84 bits per heavy atom. The molecule has 1 amide bonds. The van der Waals surface area contributed by atoms with Gasteiger partial charge in [-0.25, -0.2) is 8.78 Å². The van der Waals surface area contributed by atoms with E-state index in [1.165, 1.54) is 0 Å². The van der Waals surface area contributed by atoms with E-state index in [-0.39, 0.29) is 17.4 Å². The van der Waals surface area contributed by atoms with Crippen molar-refractivity contribution in [1.82, 2.24) is 5.32 Å². The van der Waals surface area contributed by atoms with Crippen LogP contribution in [0.5, 0.6) is 0 Å². The summed E-state index contributed by atoms with van der Waals surface area (Å²) in [5, 5.41) is 2.65. The van der Waals surface area contributed by atoms with Crippen molar-refractivity contribution in [3.05, 3.63) is 22.5 Å². The van der Waals surface area contributed by atoms with Crippen LogP contribution >= 0.6 is 11.8 Å². The number of rotatable bonds is 3. The Morgan fingerprint density at radius 1 is 1.24 bits per heavy atom. The lowest BCUT2D eigenvalue weighted by Crippen LogP contribution is -2.41. The molecule has 6 heteroatoms. The molecule has 0 spiro atoms. The summed E-state index contributed by atoms with van der Waals surface area (Å²) in [7, 11) is 0. The van der Waals surface area contributed by atoms with Gasteiger partial charge in [-0.1, -0.05) is 47.0 Å². The Balaban J connectivity index is 2.23. The lowest BCUT2D eigenvalue weighted by molar-refractivity contribution is -0.131. The van der Waals surface area contributed by atoms with E-state index in [2.05, 4.69) is 5.32 Å². The zero-order valence-corrected chi connectivity index (χ0v) is 16.2. The van der Waals surface area contributed by atoms with Crippen molar-refractivity contribution in [2.24, 2.45) is 10.8 Å². The molecule has 2 aliphatic rings. The van der Waals surface area contributed by atoms with Gasteiger partial charge in [-0.3, -0.25) is 9.59 Å². The smallest absolute Gasteiger partial charge is 0.230 e. The first-order chi connectivity index (χ1) is 11.5. The van der Waals surface area contributed by atoms with Gasteiger partial charge in [0.1, 0.15) is 5.83 Å². The Bertz CT molecular complexity index is 613. The van der Waals surface area contributed by atoms with Gasteiger partial charge in [0, 0.05) is 27.9 Å². The maximum Gasteiger partial charge on any atom is 0.230 e. The second kappa shape index (κ2) is 7.60. The fourth-order valence-electron chi connectivity index (χ4n) is 2.98. The minimum Gasteiger partial charge on any atom is -0.328 e. The lowest BCUT2D eigenvalue weighted by Gasteiger charge is -2.33. The molecule has 0 aliphatic heterocycles. The molecule has 0 aromatic rings. The van der Waals surface area contributed by atoms with Crippen molar-refractivity contribution < 1.29 is 18.4 Å². The molecule has 0 aromatic carbocycles. The molecular weight excluding hydrogens is 344 g/mol. The van der Waals surface area contributed by atoms with Crippen LogP contribution in [0.25, 0.3) is 0 Å². The molecule has 0 heterocycles. The van der Waals surface area contributed by atoms with Crippen LogP contribution in [0.1, 0.15) is 66.2 Å². The van der Waals surface area contributed by atoms with Crippen LogP contribution in [0.4, 0.5) is 8.78 Å². The van der Waals surface area contributed by atoms with Crippen LogP contribution in [0.15, 0.2) is 22.5 Å². The number of hydrogen-bond donors (Lipinski definition) is 1. The minimum absolute atomic E-state index is 0.153. The Morgan fingerprint density at radius 3 is 2.40 bits per heavy atom. The van der Waals surface area contributed by atoms with Crippen molar-refractivity contribution in [3.8, 4) is 0 Å². The third-order valence-electron chi connectivity index (χ3n) is 4.83. The van der Waals surface area contributed by atoms with Crippen LogP contribution < -0.4 is 5.32 Å². The number of alkyl halides is 1. The summed E-state index contributed by atoms with van der Waals surface area (Å²) in [5.74, 6) is -1.06. The zero-order valence-electron chi connectivity index (χ0n) is 15.4. The van der Waals surface area contributed by atoms with Gasteiger partial charge in [-0.05, 0) is 30.7 Å². The fourth-order valence-corrected chi connectivity index (χ4v) is 3.92. The number of carbonyl (C=O) groups is 2. The number of carbonyl (C=O) groups excluding carboxylic acids is 2. The van der Waals surface area contributed by atoms with Gasteiger partial charge in [0.25, 0.3) is 0 Å². The Labute approximate surface area is 152 Å². The number of thioether (sulfide) groups is 1. The van der Waals surface area contributed by atoms with Gasteiger partial charge in [0.2, 0.25) is 5.91 Å². The van der Waals surface area contributed by atoms with Crippen LogP contribution in [-0.2, 0) is 9.59 Å². The average molecular weight is 371 g/mol. The van der Waals surface area contributed by atoms with E-state index >= 15 is 0 Å². The molecule has 1 atom stereocenters. The van der Waals surface area contributed by atoms with E-state index in [9.17, 15) is 18.4 Å². The summed E-state index contributed by atoms with van der Waals surface area (Å²) in [6, 6.07) is 0. The summed E-state index contributed by atoms with van der Waals surface area (Å²) in [6.07, 6.45) is 3.71. The number of nitrogens with one attached hydrogen (secondary N) is 1. The van der Waals surface area contributed by atoms with Crippen LogP contribution in [0.2, 0.25) is 0 Å². The molecule has 3 nitrogen and oxygen atoms in total. The maximum absolute atomic E-state index is 13.8. The summed E-state index contributed by atoms with van der Waals surface area (Å²) in [6.45, 7) is 7.22. The first-order valence-corrected chi connectivity index (χ1v) is 9.63. The highest BCUT2D eigenvalue weighted by atomic mass is 32.2. The largest absolute Gasteiger partial charge is 0.328 e. The summed E-state index contributed by atoms with van der Waals surface area (Å²) in [5.41, 5.74) is -0.784. The molecule has 0 bridgehead atoms. The standard InChI is InChI=1S/C19H27F2NO2S/c1-18(2,3)17(24)25-15-11-13(21)12(20)10-14(15)22-16(23)19(4)8-6-5-7-9-19/h11-12H,5-10H2,1-4H3,(H,22,23). The fraction of sp³-hybridized carbons (Fsp3) is 0.684. The van der Waals surface area contributed by atoms with Crippen molar-refractivity contribution in [2.45, 2.75) is 72.4 Å². The molecule has 1 fully saturated rings. The molecule has 2 rings (SSSR count). The molecule has 140 valence electrons. The zero-order chi connectivity index (χ0) is 18.8. The van der Waals surface area contributed by atoms with Gasteiger partial charge < -0.3 is 5.32 Å². The number of amides is 1. The van der Waals surface area contributed by atoms with Crippen LogP contribution in [-0.4, -0.2) is 17.2 Å². The molecule has 1 saturated carbocycles. The van der Waals surface area contributed by atoms with E-state index in [1.54, 1.807) is 20.8 Å². The monoisotopic (exact) mass is 371 g/mol. The molecular formula is C19H27F2NO2S. The second-order valence-corrected chi connectivity index (χ2v) is 9.27. The summed E-state index contributed by atoms with van der Waals surface area (Å²) in [4.78, 5) is 25.3. The summed E-state index contributed by atoms with van der Waals surface area (Å²) >= 11 is 0.872. The SMILES string of the molecule is CC(C)(C)C(=O)SC1=C(NC(=O)C2(C)CCCCC2)CC(F)C(F)=C1. The molecule has 1 N–H and O–H groups in total. The first kappa shape index (κ1) is 20.1. The number of hydrogen-bond acceptors (Lipinski definition) is 3. The maximum atomic E-state index is 13.8. The molecule has 25 heavy (non-hydrogen) atoms. The quantitative estimate of drug-likeness (QED) is 0.743. The van der Waals surface area contributed by atoms with Crippen LogP contribution in [0.3, 0.4) is 0 Å². The summed E-state index contributed by atoms with van der Waals surface area (Å²) < 4.78 is 27.6. The first-order valence-electron chi connectivity index (χ1n) is 8.81. The van der Waals surface area contributed by atoms with E-state index in [0.717, 1.165) is 49.9 Å². The van der Waals surface area contributed by atoms with E-state index in [1.807, 2.05) is 6.92 Å². The van der Waals surface area contributed by atoms with Gasteiger partial charge in [-0.2, -0.15) is 0 Å². The van der Waals surface area contributed by atoms with E-state index in [4.69, 9.17) is 0 Å². The van der Waals surface area contributed by atoms with Crippen molar-refractivity contribution >= 4 is 22.8 Å². The minimum atomic E-state index is -1.77. The normalized spacial score (nSPS) is 23.9. The molecule has 0 saturated heterocycles. The predicted molar refractivity (Wildman–Crippen MR) is 97.1 cm³/mol. The third kappa shape index (κ3) is 4.93. The molecule has 1 unspecified atom stereocenters. The highest BCUT2D eigenvalue weighted by Gasteiger charge is 2.36. The van der Waals surface area contributed by atoms with E-state index in [0.29, 0.717) is 10.6 Å². The molecule has 0 aromatic heterocycles. The van der Waals surface area contributed by atoms with Gasteiger partial charge in [0.05, 0.1) is 0 Å². The van der Waals surface area contributed by atoms with Crippen molar-refractivity contribution in [2.75, 3.05) is 0 Å². The highest BCUT2D eigenvalue weighted by molar-refractivity contribution is 8.17. The van der Waals surface area contributed by atoms with Crippen molar-refractivity contribution in [3.63, 3.8) is 0 Å². The van der Waals surface area contributed by atoms with Gasteiger partial charge in [0.15, 0.2) is 11.3 Å². The Kier molecular flexibility index (Phi) is 6.13. The Hall–Kier alpha value is -1.17. The number of halogens is 2. The molecule has 2 aliphatic carbocycles. The predicted octanol–water partition coefficient (Wildman–Crippen LogP) is 5.19. The van der Waals surface area contributed by atoms with Gasteiger partial charge in [-0.15, -0.1) is 0 Å². The molecule has 0 radical (unpaired) electrons. The number of allylic oxidation sites excluding steroid dienone is 3. The van der Waals surface area contributed by atoms with Crippen LogP contribution in [0, 0.1) is 10.8 Å².